The van der Waals surface area contributed by atoms with Crippen LogP contribution in [0.4, 0.5) is 0 Å². The molecule has 1 saturated carbocycles. The van der Waals surface area contributed by atoms with Crippen LogP contribution in [0.1, 0.15) is 34.5 Å². The van der Waals surface area contributed by atoms with Crippen LogP contribution in [0.5, 0.6) is 0 Å². The Kier molecular flexibility index (Phi) is 3.07. The van der Waals surface area contributed by atoms with Gasteiger partial charge in [0.05, 0.1) is 17.0 Å². The van der Waals surface area contributed by atoms with Gasteiger partial charge in [-0.3, -0.25) is 4.79 Å². The van der Waals surface area contributed by atoms with Crippen molar-refractivity contribution in [3.8, 4) is 0 Å². The lowest BCUT2D eigenvalue weighted by molar-refractivity contribution is 0.0877. The summed E-state index contributed by atoms with van der Waals surface area (Å²) in [6, 6.07) is 1.82. The van der Waals surface area contributed by atoms with Crippen LogP contribution in [0.25, 0.3) is 0 Å². The zero-order chi connectivity index (χ0) is 10.8. The Labute approximate surface area is 93.1 Å². The van der Waals surface area contributed by atoms with E-state index in [9.17, 15) is 9.90 Å². The van der Waals surface area contributed by atoms with Gasteiger partial charge in [0.25, 0.3) is 5.91 Å². The van der Waals surface area contributed by atoms with Gasteiger partial charge in [-0.15, -0.1) is 11.3 Å². The van der Waals surface area contributed by atoms with Crippen molar-refractivity contribution in [2.24, 2.45) is 0 Å². The minimum atomic E-state index is -0.366. The van der Waals surface area contributed by atoms with Crippen LogP contribution in [0.3, 0.4) is 0 Å². The summed E-state index contributed by atoms with van der Waals surface area (Å²) in [6.45, 7) is 1.97. The zero-order valence-corrected chi connectivity index (χ0v) is 9.51. The number of amides is 1. The number of nitrogens with one attached hydrogen (secondary N) is 1. The van der Waals surface area contributed by atoms with Crippen molar-refractivity contribution in [1.29, 1.82) is 0 Å². The topological polar surface area (TPSA) is 49.3 Å². The predicted octanol–water partition coefficient (Wildman–Crippen LogP) is 1.70. The second kappa shape index (κ2) is 4.33. The monoisotopic (exact) mass is 225 g/mol. The molecule has 1 aromatic rings. The van der Waals surface area contributed by atoms with E-state index in [1.807, 2.05) is 18.4 Å². The molecule has 1 amide bonds. The van der Waals surface area contributed by atoms with Crippen molar-refractivity contribution in [1.82, 2.24) is 5.32 Å². The number of aryl methyl sites for hydroxylation is 1. The predicted molar refractivity (Wildman–Crippen MR) is 60.2 cm³/mol. The molecule has 0 unspecified atom stereocenters. The quantitative estimate of drug-likeness (QED) is 0.805. The number of thiophene rings is 1. The number of aliphatic hydroxyl groups excluding tert-OH is 1. The van der Waals surface area contributed by atoms with Crippen LogP contribution in [-0.2, 0) is 0 Å². The summed E-state index contributed by atoms with van der Waals surface area (Å²) in [5, 5.41) is 14.4. The van der Waals surface area contributed by atoms with E-state index >= 15 is 0 Å². The molecule has 0 bridgehead atoms. The third-order valence-corrected chi connectivity index (χ3v) is 3.80. The molecule has 4 heteroatoms. The maximum Gasteiger partial charge on any atom is 0.261 e. The lowest BCUT2D eigenvalue weighted by atomic mass is 10.2. The minimum Gasteiger partial charge on any atom is -0.391 e. The average Bonchev–Trinajstić information content (AvgIpc) is 2.77. The van der Waals surface area contributed by atoms with E-state index in [1.54, 1.807) is 0 Å². The minimum absolute atomic E-state index is 0.0556. The molecule has 2 atom stereocenters. The lowest BCUT2D eigenvalue weighted by Gasteiger charge is -2.15. The number of rotatable bonds is 2. The lowest BCUT2D eigenvalue weighted by Crippen LogP contribution is -2.39. The molecule has 2 rings (SSSR count). The fraction of sp³-hybridized carbons (Fsp3) is 0.545. The highest BCUT2D eigenvalue weighted by Crippen LogP contribution is 2.20. The second-order valence-corrected chi connectivity index (χ2v) is 4.98. The van der Waals surface area contributed by atoms with Crippen LogP contribution in [0.2, 0.25) is 0 Å². The van der Waals surface area contributed by atoms with Gasteiger partial charge in [0, 0.05) is 0 Å². The molecule has 1 aliphatic rings. The van der Waals surface area contributed by atoms with Crippen molar-refractivity contribution in [2.75, 3.05) is 0 Å². The first kappa shape index (κ1) is 10.6. The Morgan fingerprint density at radius 2 is 2.40 bits per heavy atom. The molecule has 0 aliphatic heterocycles. The summed E-state index contributed by atoms with van der Waals surface area (Å²) in [5.41, 5.74) is 1.11. The Balaban J connectivity index is 1.97. The van der Waals surface area contributed by atoms with E-state index < -0.39 is 0 Å². The Morgan fingerprint density at radius 3 is 2.93 bits per heavy atom. The van der Waals surface area contributed by atoms with Gasteiger partial charge in [-0.25, -0.2) is 0 Å². The van der Waals surface area contributed by atoms with E-state index in [-0.39, 0.29) is 18.1 Å². The molecule has 1 aromatic heterocycles. The highest BCUT2D eigenvalue weighted by Gasteiger charge is 2.26. The van der Waals surface area contributed by atoms with Gasteiger partial charge >= 0.3 is 0 Å². The molecule has 0 saturated heterocycles. The van der Waals surface area contributed by atoms with Gasteiger partial charge < -0.3 is 10.4 Å². The Bertz CT molecular complexity index is 361. The fourth-order valence-corrected chi connectivity index (χ4v) is 2.70. The average molecular weight is 225 g/mol. The van der Waals surface area contributed by atoms with E-state index in [1.165, 1.54) is 11.3 Å². The summed E-state index contributed by atoms with van der Waals surface area (Å²) in [6.07, 6.45) is 2.32. The Hall–Kier alpha value is -0.870. The van der Waals surface area contributed by atoms with E-state index in [0.29, 0.717) is 0 Å². The number of carbonyl (C=O) groups excluding carboxylic acids is 1. The third kappa shape index (κ3) is 2.38. The van der Waals surface area contributed by atoms with Gasteiger partial charge in [0.2, 0.25) is 0 Å². The molecule has 1 fully saturated rings. The van der Waals surface area contributed by atoms with Crippen molar-refractivity contribution >= 4 is 17.2 Å². The van der Waals surface area contributed by atoms with Gasteiger partial charge in [0.15, 0.2) is 0 Å². The molecule has 0 radical (unpaired) electrons. The normalized spacial score (nSPS) is 25.5. The van der Waals surface area contributed by atoms with Gasteiger partial charge in [0.1, 0.15) is 0 Å². The van der Waals surface area contributed by atoms with Crippen molar-refractivity contribution < 1.29 is 9.90 Å². The van der Waals surface area contributed by atoms with Gasteiger partial charge in [-0.1, -0.05) is 0 Å². The number of hydrogen-bond donors (Lipinski definition) is 2. The summed E-state index contributed by atoms with van der Waals surface area (Å²) in [5.74, 6) is -0.0564. The molecule has 3 nitrogen and oxygen atoms in total. The zero-order valence-electron chi connectivity index (χ0n) is 8.69. The maximum absolute atomic E-state index is 11.7. The van der Waals surface area contributed by atoms with Crippen LogP contribution in [-0.4, -0.2) is 23.2 Å². The third-order valence-electron chi connectivity index (χ3n) is 2.75. The number of hydrogen-bond acceptors (Lipinski definition) is 3. The molecule has 15 heavy (non-hydrogen) atoms. The number of carbonyl (C=O) groups is 1. The standard InChI is InChI=1S/C11H15NO2S/c1-7-5-10(15-6-7)11(14)12-8-3-2-4-9(8)13/h5-6,8-9,13H,2-4H2,1H3,(H,12,14)/t8-,9-/m1/s1. The first-order valence-corrected chi connectivity index (χ1v) is 6.09. The second-order valence-electron chi connectivity index (χ2n) is 4.07. The first-order chi connectivity index (χ1) is 7.16. The smallest absolute Gasteiger partial charge is 0.261 e. The molecule has 1 aliphatic carbocycles. The van der Waals surface area contributed by atoms with E-state index in [4.69, 9.17) is 0 Å². The van der Waals surface area contributed by atoms with Crippen LogP contribution in [0.15, 0.2) is 11.4 Å². The first-order valence-electron chi connectivity index (χ1n) is 5.21. The molecule has 2 N–H and O–H groups in total. The molecule has 0 aromatic carbocycles. The maximum atomic E-state index is 11.7. The molecule has 0 spiro atoms. The summed E-state index contributed by atoms with van der Waals surface area (Å²) < 4.78 is 0. The highest BCUT2D eigenvalue weighted by atomic mass is 32.1. The molecular formula is C11H15NO2S. The van der Waals surface area contributed by atoms with Gasteiger partial charge in [-0.2, -0.15) is 0 Å². The van der Waals surface area contributed by atoms with E-state index in [0.717, 1.165) is 29.7 Å². The van der Waals surface area contributed by atoms with Crippen molar-refractivity contribution in [2.45, 2.75) is 38.3 Å². The fourth-order valence-electron chi connectivity index (χ4n) is 1.90. The highest BCUT2D eigenvalue weighted by molar-refractivity contribution is 7.12. The molecular weight excluding hydrogens is 210 g/mol. The molecule has 1 heterocycles. The largest absolute Gasteiger partial charge is 0.391 e. The Morgan fingerprint density at radius 1 is 1.60 bits per heavy atom. The summed E-state index contributed by atoms with van der Waals surface area (Å²) in [7, 11) is 0. The summed E-state index contributed by atoms with van der Waals surface area (Å²) in [4.78, 5) is 12.5. The van der Waals surface area contributed by atoms with Crippen LogP contribution < -0.4 is 5.32 Å². The molecule has 82 valence electrons. The van der Waals surface area contributed by atoms with E-state index in [2.05, 4.69) is 5.32 Å². The SMILES string of the molecule is Cc1csc(C(=O)N[C@@H]2CCC[C@H]2O)c1. The van der Waals surface area contributed by atoms with Crippen LogP contribution in [0, 0.1) is 6.92 Å². The summed E-state index contributed by atoms with van der Waals surface area (Å²) >= 11 is 1.45. The van der Waals surface area contributed by atoms with Crippen molar-refractivity contribution in [3.63, 3.8) is 0 Å². The number of aliphatic hydroxyl groups is 1. The van der Waals surface area contributed by atoms with Crippen molar-refractivity contribution in [3.05, 3.63) is 21.9 Å². The van der Waals surface area contributed by atoms with Gasteiger partial charge in [-0.05, 0) is 43.2 Å². The van der Waals surface area contributed by atoms with Crippen LogP contribution >= 0.6 is 11.3 Å².